The van der Waals surface area contributed by atoms with Crippen LogP contribution in [0, 0.1) is 0 Å². The molecule has 0 aliphatic carbocycles. The van der Waals surface area contributed by atoms with E-state index in [1.807, 2.05) is 0 Å². The fourth-order valence-corrected chi connectivity index (χ4v) is 1.33. The van der Waals surface area contributed by atoms with Crippen molar-refractivity contribution in [3.63, 3.8) is 0 Å². The molecule has 0 fully saturated rings. The second-order valence-electron chi connectivity index (χ2n) is 2.01. The van der Waals surface area contributed by atoms with Crippen molar-refractivity contribution in [2.24, 2.45) is 0 Å². The standard InChI is InChI=1S/C7H18Si/c1-5-6-7-8(2,3)4/h5-7H2,1-4H3/i2D3,3D3,4D3. The molecule has 0 rings (SSSR count). The second kappa shape index (κ2) is 3.28. The van der Waals surface area contributed by atoms with Crippen LogP contribution < -0.4 is 0 Å². The fourth-order valence-electron chi connectivity index (χ4n) is 0.442. The van der Waals surface area contributed by atoms with E-state index in [1.54, 1.807) is 6.92 Å². The lowest BCUT2D eigenvalue weighted by atomic mass is 10.4. The predicted molar refractivity (Wildman–Crippen MR) is 43.1 cm³/mol. The highest BCUT2D eigenvalue weighted by Crippen LogP contribution is 2.11. The first-order valence-electron chi connectivity index (χ1n) is 7.31. The molecule has 50 valence electrons. The maximum absolute atomic E-state index is 7.40. The molecule has 0 spiro atoms. The summed E-state index contributed by atoms with van der Waals surface area (Å²) < 4.78 is 66.6. The van der Waals surface area contributed by atoms with Crippen molar-refractivity contribution >= 4 is 8.07 Å². The van der Waals surface area contributed by atoms with Crippen LogP contribution in [0.1, 0.15) is 32.1 Å². The quantitative estimate of drug-likeness (QED) is 0.527. The second-order valence-corrected chi connectivity index (χ2v) is 4.32. The molecular formula is C7H18Si. The molecule has 0 unspecified atom stereocenters. The van der Waals surface area contributed by atoms with Crippen LogP contribution in [0.15, 0.2) is 0 Å². The molecule has 0 atom stereocenters. The Morgan fingerprint density at radius 2 is 2.00 bits per heavy atom. The predicted octanol–water partition coefficient (Wildman–Crippen LogP) is 3.12. The molecule has 0 radical (unpaired) electrons. The van der Waals surface area contributed by atoms with Crippen molar-refractivity contribution in [1.29, 1.82) is 0 Å². The van der Waals surface area contributed by atoms with Crippen molar-refractivity contribution < 1.29 is 12.3 Å². The lowest BCUT2D eigenvalue weighted by molar-refractivity contribution is 0.868. The third kappa shape index (κ3) is 6.22. The van der Waals surface area contributed by atoms with Crippen molar-refractivity contribution in [3.8, 4) is 0 Å². The van der Waals surface area contributed by atoms with E-state index in [0.29, 0.717) is 12.8 Å². The molecule has 0 heterocycles. The molecule has 0 bridgehead atoms. The largest absolute Gasteiger partial charge is 0.0695 e. The Morgan fingerprint density at radius 1 is 1.38 bits per heavy atom. The summed E-state index contributed by atoms with van der Waals surface area (Å²) in [7, 11) is -4.42. The average Bonchev–Trinajstić information content (AvgIpc) is 1.96. The molecule has 0 aromatic heterocycles. The molecular weight excluding hydrogens is 112 g/mol. The Labute approximate surface area is 67.0 Å². The van der Waals surface area contributed by atoms with Crippen LogP contribution in [0.2, 0.25) is 25.5 Å². The molecule has 0 aromatic rings. The first-order chi connectivity index (χ1) is 7.31. The van der Waals surface area contributed by atoms with Crippen molar-refractivity contribution in [1.82, 2.24) is 0 Å². The van der Waals surface area contributed by atoms with Gasteiger partial charge in [-0.3, -0.25) is 0 Å². The molecule has 0 saturated heterocycles. The van der Waals surface area contributed by atoms with Crippen LogP contribution in [-0.2, 0) is 0 Å². The van der Waals surface area contributed by atoms with Gasteiger partial charge >= 0.3 is 0 Å². The molecule has 0 amide bonds. The van der Waals surface area contributed by atoms with E-state index >= 15 is 0 Å². The first kappa shape index (κ1) is 1.63. The van der Waals surface area contributed by atoms with Crippen LogP contribution in [0.4, 0.5) is 0 Å². The van der Waals surface area contributed by atoms with Gasteiger partial charge in [0.1, 0.15) is 0 Å². The van der Waals surface area contributed by atoms with Gasteiger partial charge in [-0.15, -0.1) is 0 Å². The van der Waals surface area contributed by atoms with Gasteiger partial charge < -0.3 is 0 Å². The van der Waals surface area contributed by atoms with E-state index in [9.17, 15) is 0 Å². The number of hydrogen-bond acceptors (Lipinski definition) is 0. The maximum Gasteiger partial charge on any atom is 0.0442 e. The zero-order valence-corrected chi connectivity index (χ0v) is 6.12. The van der Waals surface area contributed by atoms with Gasteiger partial charge in [0.15, 0.2) is 0 Å². The third-order valence-electron chi connectivity index (χ3n) is 0.905. The van der Waals surface area contributed by atoms with Crippen LogP contribution in [0.5, 0.6) is 0 Å². The lowest BCUT2D eigenvalue weighted by Crippen LogP contribution is -2.18. The van der Waals surface area contributed by atoms with Crippen molar-refractivity contribution in [3.05, 3.63) is 0 Å². The molecule has 0 aliphatic heterocycles. The summed E-state index contributed by atoms with van der Waals surface area (Å²) in [5, 5.41) is 0. The zero-order chi connectivity index (χ0) is 14.1. The lowest BCUT2D eigenvalue weighted by Gasteiger charge is -2.13. The summed E-state index contributed by atoms with van der Waals surface area (Å²) in [6.07, 6.45) is 0.901. The summed E-state index contributed by atoms with van der Waals surface area (Å²) >= 11 is 0. The first-order valence-corrected chi connectivity index (χ1v) is 5.02. The summed E-state index contributed by atoms with van der Waals surface area (Å²) in [6, 6.07) is -0.215. The minimum atomic E-state index is -4.42. The van der Waals surface area contributed by atoms with E-state index < -0.39 is 27.5 Å². The molecule has 0 N–H and O–H groups in total. The van der Waals surface area contributed by atoms with Crippen molar-refractivity contribution in [2.45, 2.75) is 45.2 Å². The fraction of sp³-hybridized carbons (Fsp3) is 1.00. The highest BCUT2D eigenvalue weighted by molar-refractivity contribution is 6.76. The average molecular weight is 139 g/mol. The van der Waals surface area contributed by atoms with Crippen LogP contribution in [0.25, 0.3) is 0 Å². The van der Waals surface area contributed by atoms with E-state index in [1.165, 1.54) is 0 Å². The van der Waals surface area contributed by atoms with Gasteiger partial charge in [0.05, 0.1) is 0 Å². The van der Waals surface area contributed by atoms with Crippen LogP contribution in [0.3, 0.4) is 0 Å². The SMILES string of the molecule is [2H]C([2H])([2H])[Si](CCCC)(C([2H])([2H])[2H])C([2H])([2H])[2H]. The molecule has 1 heteroatoms. The minimum absolute atomic E-state index is 0.215. The van der Waals surface area contributed by atoms with E-state index in [4.69, 9.17) is 12.3 Å². The van der Waals surface area contributed by atoms with E-state index in [2.05, 4.69) is 0 Å². The summed E-state index contributed by atoms with van der Waals surface area (Å²) in [5.41, 5.74) is 0. The maximum atomic E-state index is 7.40. The van der Waals surface area contributed by atoms with Gasteiger partial charge in [0.2, 0.25) is 0 Å². The Morgan fingerprint density at radius 3 is 2.38 bits per heavy atom. The van der Waals surface area contributed by atoms with Crippen molar-refractivity contribution in [2.75, 3.05) is 0 Å². The highest BCUT2D eigenvalue weighted by Gasteiger charge is 2.10. The Hall–Kier alpha value is 0.217. The van der Waals surface area contributed by atoms with Gasteiger partial charge in [0.25, 0.3) is 0 Å². The Balaban J connectivity index is 5.75. The number of rotatable bonds is 3. The van der Waals surface area contributed by atoms with E-state index in [0.717, 1.165) is 0 Å². The zero-order valence-electron chi connectivity index (χ0n) is 14.1. The molecule has 0 aliphatic rings. The van der Waals surface area contributed by atoms with Gasteiger partial charge in [-0.2, -0.15) is 0 Å². The van der Waals surface area contributed by atoms with Crippen LogP contribution in [-0.4, -0.2) is 8.07 Å². The van der Waals surface area contributed by atoms with Gasteiger partial charge in [-0.25, -0.2) is 0 Å². The van der Waals surface area contributed by atoms with Gasteiger partial charge in [-0.05, 0) is 0 Å². The summed E-state index contributed by atoms with van der Waals surface area (Å²) in [5.74, 6) is 0. The van der Waals surface area contributed by atoms with Gasteiger partial charge in [0, 0.05) is 20.4 Å². The highest BCUT2D eigenvalue weighted by atomic mass is 28.3. The minimum Gasteiger partial charge on any atom is -0.0695 e. The molecule has 8 heavy (non-hydrogen) atoms. The third-order valence-corrected chi connectivity index (χ3v) is 2.01. The Kier molecular flexibility index (Phi) is 0.668. The molecule has 0 aromatic carbocycles. The molecule has 0 nitrogen and oxygen atoms in total. The number of unbranched alkanes of at least 4 members (excludes halogenated alkanes) is 1. The summed E-state index contributed by atoms with van der Waals surface area (Å²) in [6.45, 7) is -6.94. The van der Waals surface area contributed by atoms with Crippen LogP contribution >= 0.6 is 0 Å². The summed E-state index contributed by atoms with van der Waals surface area (Å²) in [4.78, 5) is 0. The Bertz CT molecular complexity index is 212. The topological polar surface area (TPSA) is 0 Å². The molecule has 0 saturated carbocycles. The van der Waals surface area contributed by atoms with Gasteiger partial charge in [-0.1, -0.05) is 45.2 Å². The number of hydrogen-bond donors (Lipinski definition) is 0. The monoisotopic (exact) mass is 139 g/mol. The normalized spacial score (nSPS) is 33.4. The van der Waals surface area contributed by atoms with E-state index in [-0.39, 0.29) is 6.04 Å². The smallest absolute Gasteiger partial charge is 0.0442 e.